The normalized spacial score (nSPS) is 10.5. The molecule has 2 aromatic rings. The number of aromatic nitrogens is 2. The van der Waals surface area contributed by atoms with Crippen LogP contribution in [0.5, 0.6) is 0 Å². The zero-order chi connectivity index (χ0) is 10.5. The third kappa shape index (κ3) is 2.84. The van der Waals surface area contributed by atoms with Crippen LogP contribution in [-0.4, -0.2) is 16.5 Å². The van der Waals surface area contributed by atoms with E-state index in [2.05, 4.69) is 15.3 Å². The Bertz CT molecular complexity index is 411. The van der Waals surface area contributed by atoms with Crippen molar-refractivity contribution < 1.29 is 0 Å². The van der Waals surface area contributed by atoms with E-state index in [1.165, 1.54) is 0 Å². The van der Waals surface area contributed by atoms with Crippen LogP contribution in [-0.2, 0) is 12.8 Å². The summed E-state index contributed by atoms with van der Waals surface area (Å²) >= 11 is 1.68. The fraction of sp³-hybridized carbons (Fsp3) is 0.273. The van der Waals surface area contributed by atoms with E-state index in [0.717, 1.165) is 29.2 Å². The second-order valence-corrected chi connectivity index (χ2v) is 4.21. The molecule has 2 N–H and O–H groups in total. The van der Waals surface area contributed by atoms with Crippen LogP contribution in [0.2, 0.25) is 0 Å². The van der Waals surface area contributed by atoms with E-state index in [1.54, 1.807) is 11.3 Å². The van der Waals surface area contributed by atoms with Crippen molar-refractivity contribution in [2.24, 2.45) is 5.73 Å². The van der Waals surface area contributed by atoms with Crippen LogP contribution < -0.4 is 5.73 Å². The quantitative estimate of drug-likeness (QED) is 0.850. The molecule has 0 spiro atoms. The van der Waals surface area contributed by atoms with E-state index >= 15 is 0 Å². The fourth-order valence-electron chi connectivity index (χ4n) is 1.35. The van der Waals surface area contributed by atoms with Crippen LogP contribution in [0.3, 0.4) is 0 Å². The van der Waals surface area contributed by atoms with Gasteiger partial charge in [0.2, 0.25) is 0 Å². The van der Waals surface area contributed by atoms with Gasteiger partial charge in [-0.15, -0.1) is 11.3 Å². The Balaban J connectivity index is 2.05. The van der Waals surface area contributed by atoms with Crippen molar-refractivity contribution in [1.29, 1.82) is 0 Å². The van der Waals surface area contributed by atoms with Gasteiger partial charge in [-0.1, -0.05) is 6.07 Å². The lowest BCUT2D eigenvalue weighted by Crippen LogP contribution is -2.03. The van der Waals surface area contributed by atoms with Gasteiger partial charge in [-0.3, -0.25) is 4.98 Å². The maximum Gasteiger partial charge on any atom is 0.0988 e. The van der Waals surface area contributed by atoms with Gasteiger partial charge in [-0.05, 0) is 18.7 Å². The highest BCUT2D eigenvalue weighted by atomic mass is 32.1. The van der Waals surface area contributed by atoms with Crippen LogP contribution >= 0.6 is 11.3 Å². The maximum atomic E-state index is 5.47. The largest absolute Gasteiger partial charge is 0.330 e. The molecule has 0 fully saturated rings. The zero-order valence-corrected chi connectivity index (χ0v) is 9.20. The van der Waals surface area contributed by atoms with Gasteiger partial charge < -0.3 is 5.73 Å². The van der Waals surface area contributed by atoms with Gasteiger partial charge in [0.05, 0.1) is 10.7 Å². The number of pyridine rings is 1. The van der Waals surface area contributed by atoms with Crippen LogP contribution in [0.15, 0.2) is 29.8 Å². The first-order valence-electron chi connectivity index (χ1n) is 4.92. The molecule has 0 radical (unpaired) electrons. The average molecular weight is 219 g/mol. The first-order valence-corrected chi connectivity index (χ1v) is 5.79. The summed E-state index contributed by atoms with van der Waals surface area (Å²) in [7, 11) is 0. The molecule has 4 heteroatoms. The highest BCUT2D eigenvalue weighted by Crippen LogP contribution is 2.13. The van der Waals surface area contributed by atoms with Crippen molar-refractivity contribution in [3.8, 4) is 0 Å². The Morgan fingerprint density at radius 1 is 1.27 bits per heavy atom. The summed E-state index contributed by atoms with van der Waals surface area (Å²) in [4.78, 5) is 8.77. The Hall–Kier alpha value is -1.26. The van der Waals surface area contributed by atoms with E-state index in [9.17, 15) is 0 Å². The number of hydrogen-bond acceptors (Lipinski definition) is 4. The minimum Gasteiger partial charge on any atom is -0.330 e. The van der Waals surface area contributed by atoms with Crippen molar-refractivity contribution in [2.45, 2.75) is 12.8 Å². The Labute approximate surface area is 93.0 Å². The summed E-state index contributed by atoms with van der Waals surface area (Å²) in [6, 6.07) is 5.94. The lowest BCUT2D eigenvalue weighted by Gasteiger charge is -1.95. The molecule has 3 nitrogen and oxygen atoms in total. The molecule has 0 saturated heterocycles. The van der Waals surface area contributed by atoms with E-state index in [0.29, 0.717) is 6.54 Å². The van der Waals surface area contributed by atoms with Crippen LogP contribution in [0.4, 0.5) is 0 Å². The molecule has 0 aliphatic carbocycles. The second kappa shape index (κ2) is 5.00. The molecule has 2 aromatic heterocycles. The number of rotatable bonds is 4. The molecule has 0 aliphatic heterocycles. The van der Waals surface area contributed by atoms with Gasteiger partial charge in [-0.25, -0.2) is 4.98 Å². The molecule has 0 bridgehead atoms. The first-order chi connectivity index (χ1) is 7.38. The SMILES string of the molecule is NCCc1csc(Cc2ccccn2)n1. The second-order valence-electron chi connectivity index (χ2n) is 3.27. The third-order valence-electron chi connectivity index (χ3n) is 2.06. The molecule has 78 valence electrons. The van der Waals surface area contributed by atoms with Crippen LogP contribution in [0.1, 0.15) is 16.4 Å². The van der Waals surface area contributed by atoms with Gasteiger partial charge in [0.15, 0.2) is 0 Å². The fourth-order valence-corrected chi connectivity index (χ4v) is 2.19. The minimum absolute atomic E-state index is 0.659. The summed E-state index contributed by atoms with van der Waals surface area (Å²) in [6.07, 6.45) is 3.48. The monoisotopic (exact) mass is 219 g/mol. The standard InChI is InChI=1S/C11H13N3S/c12-5-4-10-8-15-11(14-10)7-9-3-1-2-6-13-9/h1-3,6,8H,4-5,7,12H2. The predicted molar refractivity (Wildman–Crippen MR) is 61.9 cm³/mol. The summed E-state index contributed by atoms with van der Waals surface area (Å²) in [6.45, 7) is 0.659. The van der Waals surface area contributed by atoms with Gasteiger partial charge >= 0.3 is 0 Å². The molecule has 0 aromatic carbocycles. The molecular formula is C11H13N3S. The molecular weight excluding hydrogens is 206 g/mol. The lowest BCUT2D eigenvalue weighted by molar-refractivity contribution is 0.918. The van der Waals surface area contributed by atoms with E-state index in [-0.39, 0.29) is 0 Å². The van der Waals surface area contributed by atoms with Crippen LogP contribution in [0, 0.1) is 0 Å². The summed E-state index contributed by atoms with van der Waals surface area (Å²) < 4.78 is 0. The Morgan fingerprint density at radius 3 is 2.93 bits per heavy atom. The molecule has 2 heterocycles. The smallest absolute Gasteiger partial charge is 0.0988 e. The molecule has 0 saturated carbocycles. The summed E-state index contributed by atoms with van der Waals surface area (Å²) in [5.74, 6) is 0. The van der Waals surface area contributed by atoms with Gasteiger partial charge in [0.25, 0.3) is 0 Å². The van der Waals surface area contributed by atoms with Crippen molar-refractivity contribution in [2.75, 3.05) is 6.54 Å². The number of thiazole rings is 1. The molecule has 15 heavy (non-hydrogen) atoms. The van der Waals surface area contributed by atoms with Gasteiger partial charge in [-0.2, -0.15) is 0 Å². The summed E-state index contributed by atoms with van der Waals surface area (Å²) in [5, 5.41) is 3.18. The minimum atomic E-state index is 0.659. The third-order valence-corrected chi connectivity index (χ3v) is 2.96. The van der Waals surface area contributed by atoms with E-state index in [1.807, 2.05) is 24.4 Å². The van der Waals surface area contributed by atoms with E-state index < -0.39 is 0 Å². The number of hydrogen-bond donors (Lipinski definition) is 1. The molecule has 0 unspecified atom stereocenters. The maximum absolute atomic E-state index is 5.47. The lowest BCUT2D eigenvalue weighted by atomic mass is 10.3. The number of nitrogens with zero attached hydrogens (tertiary/aromatic N) is 2. The molecule has 2 rings (SSSR count). The van der Waals surface area contributed by atoms with Gasteiger partial charge in [0.1, 0.15) is 0 Å². The average Bonchev–Trinajstić information content (AvgIpc) is 2.68. The van der Waals surface area contributed by atoms with Crippen molar-refractivity contribution in [3.63, 3.8) is 0 Å². The van der Waals surface area contributed by atoms with Crippen LogP contribution in [0.25, 0.3) is 0 Å². The highest BCUT2D eigenvalue weighted by Gasteiger charge is 2.02. The van der Waals surface area contributed by atoms with Gasteiger partial charge in [0, 0.05) is 30.1 Å². The van der Waals surface area contributed by atoms with Crippen molar-refractivity contribution in [1.82, 2.24) is 9.97 Å². The number of nitrogens with two attached hydrogens (primary N) is 1. The van der Waals surface area contributed by atoms with Crippen molar-refractivity contribution >= 4 is 11.3 Å². The highest BCUT2D eigenvalue weighted by molar-refractivity contribution is 7.09. The van der Waals surface area contributed by atoms with Crippen molar-refractivity contribution in [3.05, 3.63) is 46.2 Å². The Morgan fingerprint density at radius 2 is 2.20 bits per heavy atom. The summed E-state index contributed by atoms with van der Waals surface area (Å²) in [5.41, 5.74) is 7.63. The molecule has 0 aliphatic rings. The topological polar surface area (TPSA) is 51.8 Å². The Kier molecular flexibility index (Phi) is 3.42. The first kappa shape index (κ1) is 10.3. The zero-order valence-electron chi connectivity index (χ0n) is 8.39. The molecule has 0 atom stereocenters. The molecule has 0 amide bonds. The predicted octanol–water partition coefficient (Wildman–Crippen LogP) is 1.63. The van der Waals surface area contributed by atoms with E-state index in [4.69, 9.17) is 5.73 Å².